The van der Waals surface area contributed by atoms with E-state index in [1.807, 2.05) is 47.5 Å². The molecule has 0 bridgehead atoms. The molecule has 138 valence electrons. The molecule has 27 heavy (non-hydrogen) atoms. The summed E-state index contributed by atoms with van der Waals surface area (Å²) in [5.74, 6) is 0.106. The minimum atomic E-state index is 0.106. The number of carbonyl (C=O) groups is 1. The van der Waals surface area contributed by atoms with E-state index in [2.05, 4.69) is 26.1 Å². The monoisotopic (exact) mass is 361 g/mol. The highest BCUT2D eigenvalue weighted by atomic mass is 16.2. The van der Waals surface area contributed by atoms with Crippen LogP contribution in [-0.2, 0) is 6.54 Å². The second-order valence-electron chi connectivity index (χ2n) is 6.83. The van der Waals surface area contributed by atoms with Gasteiger partial charge >= 0.3 is 0 Å². The van der Waals surface area contributed by atoms with Crippen molar-refractivity contribution in [3.05, 3.63) is 72.2 Å². The first kappa shape index (κ1) is 17.4. The number of hydrogen-bond donors (Lipinski definition) is 1. The number of nitrogens with zero attached hydrogens (tertiary/aromatic N) is 4. The van der Waals surface area contributed by atoms with Gasteiger partial charge in [0, 0.05) is 56.9 Å². The Kier molecular flexibility index (Phi) is 5.25. The third-order valence-electron chi connectivity index (χ3n) is 4.95. The van der Waals surface area contributed by atoms with E-state index in [0.717, 1.165) is 56.0 Å². The van der Waals surface area contributed by atoms with Gasteiger partial charge in [-0.1, -0.05) is 18.2 Å². The molecule has 0 radical (unpaired) electrons. The Morgan fingerprint density at radius 3 is 2.63 bits per heavy atom. The number of hydrogen-bond acceptors (Lipinski definition) is 4. The zero-order chi connectivity index (χ0) is 18.5. The molecule has 4 rings (SSSR count). The summed E-state index contributed by atoms with van der Waals surface area (Å²) in [6.45, 7) is 4.31. The fourth-order valence-electron chi connectivity index (χ4n) is 3.47. The molecule has 1 aromatic carbocycles. The van der Waals surface area contributed by atoms with Gasteiger partial charge in [-0.25, -0.2) is 0 Å². The summed E-state index contributed by atoms with van der Waals surface area (Å²) in [6, 6.07) is 13.7. The Hall–Kier alpha value is -2.99. The van der Waals surface area contributed by atoms with E-state index in [-0.39, 0.29) is 5.91 Å². The molecule has 1 saturated heterocycles. The quantitative estimate of drug-likeness (QED) is 0.776. The van der Waals surface area contributed by atoms with Gasteiger partial charge in [0.05, 0.1) is 5.69 Å². The van der Waals surface area contributed by atoms with Crippen molar-refractivity contribution in [3.63, 3.8) is 0 Å². The molecule has 3 heterocycles. The number of rotatable bonds is 4. The third-order valence-corrected chi connectivity index (χ3v) is 4.95. The Morgan fingerprint density at radius 2 is 1.89 bits per heavy atom. The molecule has 1 aliphatic heterocycles. The summed E-state index contributed by atoms with van der Waals surface area (Å²) in [5, 5.41) is 6.91. The van der Waals surface area contributed by atoms with Gasteiger partial charge in [-0.15, -0.1) is 0 Å². The minimum absolute atomic E-state index is 0.106. The molecule has 0 spiro atoms. The van der Waals surface area contributed by atoms with Crippen LogP contribution in [0.4, 0.5) is 0 Å². The fraction of sp³-hybridized carbons (Fsp3) is 0.286. The summed E-state index contributed by atoms with van der Waals surface area (Å²) in [4.78, 5) is 21.4. The Balaban J connectivity index is 1.38. The van der Waals surface area contributed by atoms with Crippen molar-refractivity contribution in [1.82, 2.24) is 25.0 Å². The van der Waals surface area contributed by atoms with Crippen molar-refractivity contribution in [1.29, 1.82) is 0 Å². The largest absolute Gasteiger partial charge is 0.337 e. The zero-order valence-corrected chi connectivity index (χ0v) is 15.2. The topological polar surface area (TPSA) is 65.1 Å². The Morgan fingerprint density at radius 1 is 1.00 bits per heavy atom. The first-order chi connectivity index (χ1) is 13.3. The van der Waals surface area contributed by atoms with Gasteiger partial charge in [0.1, 0.15) is 0 Å². The van der Waals surface area contributed by atoms with E-state index >= 15 is 0 Å². The van der Waals surface area contributed by atoms with Crippen LogP contribution in [0.2, 0.25) is 0 Å². The van der Waals surface area contributed by atoms with Gasteiger partial charge in [-0.05, 0) is 41.8 Å². The van der Waals surface area contributed by atoms with E-state index in [4.69, 9.17) is 0 Å². The van der Waals surface area contributed by atoms with Gasteiger partial charge in [-0.3, -0.25) is 19.8 Å². The first-order valence-corrected chi connectivity index (χ1v) is 9.30. The molecule has 0 unspecified atom stereocenters. The molecule has 1 fully saturated rings. The molecule has 0 saturated carbocycles. The van der Waals surface area contributed by atoms with Crippen LogP contribution in [0.1, 0.15) is 22.3 Å². The van der Waals surface area contributed by atoms with Crippen LogP contribution in [0.5, 0.6) is 0 Å². The molecule has 0 aliphatic carbocycles. The van der Waals surface area contributed by atoms with Crippen LogP contribution >= 0.6 is 0 Å². The zero-order valence-electron chi connectivity index (χ0n) is 15.2. The highest BCUT2D eigenvalue weighted by Gasteiger charge is 2.20. The van der Waals surface area contributed by atoms with Crippen LogP contribution in [-0.4, -0.2) is 57.1 Å². The van der Waals surface area contributed by atoms with Crippen LogP contribution in [0.3, 0.4) is 0 Å². The van der Waals surface area contributed by atoms with Crippen LogP contribution in [0.25, 0.3) is 11.3 Å². The molecule has 2 aromatic heterocycles. The van der Waals surface area contributed by atoms with Crippen LogP contribution in [0, 0.1) is 0 Å². The lowest BCUT2D eigenvalue weighted by Crippen LogP contribution is -2.35. The van der Waals surface area contributed by atoms with E-state index in [1.165, 1.54) is 5.56 Å². The molecule has 6 nitrogen and oxygen atoms in total. The van der Waals surface area contributed by atoms with Crippen molar-refractivity contribution in [2.45, 2.75) is 13.0 Å². The normalized spacial score (nSPS) is 15.5. The summed E-state index contributed by atoms with van der Waals surface area (Å²) in [5.41, 5.74) is 3.93. The van der Waals surface area contributed by atoms with Gasteiger partial charge in [0.2, 0.25) is 0 Å². The lowest BCUT2D eigenvalue weighted by Gasteiger charge is -2.22. The Bertz CT molecular complexity index is 861. The van der Waals surface area contributed by atoms with Crippen LogP contribution < -0.4 is 0 Å². The first-order valence-electron chi connectivity index (χ1n) is 9.30. The highest BCUT2D eigenvalue weighted by Crippen LogP contribution is 2.18. The van der Waals surface area contributed by atoms with Crippen molar-refractivity contribution >= 4 is 5.91 Å². The molecule has 1 aliphatic rings. The maximum atomic E-state index is 12.9. The van der Waals surface area contributed by atoms with Gasteiger partial charge in [0.15, 0.2) is 0 Å². The van der Waals surface area contributed by atoms with E-state index in [0.29, 0.717) is 0 Å². The van der Waals surface area contributed by atoms with Crippen LogP contribution in [0.15, 0.2) is 61.1 Å². The van der Waals surface area contributed by atoms with Gasteiger partial charge in [-0.2, -0.15) is 5.10 Å². The number of benzene rings is 1. The molecular weight excluding hydrogens is 338 g/mol. The summed E-state index contributed by atoms with van der Waals surface area (Å²) >= 11 is 0. The summed E-state index contributed by atoms with van der Waals surface area (Å²) in [7, 11) is 0. The number of H-pyrrole nitrogens is 1. The third kappa shape index (κ3) is 4.23. The van der Waals surface area contributed by atoms with E-state index < -0.39 is 0 Å². The average Bonchev–Trinajstić information content (AvgIpc) is 3.16. The molecule has 6 heteroatoms. The minimum Gasteiger partial charge on any atom is -0.337 e. The number of pyridine rings is 1. The van der Waals surface area contributed by atoms with E-state index in [1.54, 1.807) is 12.4 Å². The van der Waals surface area contributed by atoms with Crippen molar-refractivity contribution in [2.24, 2.45) is 0 Å². The number of nitrogens with one attached hydrogen (secondary N) is 1. The lowest BCUT2D eigenvalue weighted by atomic mass is 10.1. The summed E-state index contributed by atoms with van der Waals surface area (Å²) < 4.78 is 0. The van der Waals surface area contributed by atoms with Gasteiger partial charge in [0.25, 0.3) is 5.91 Å². The molecule has 1 N–H and O–H groups in total. The molecular formula is C21H23N5O. The SMILES string of the molecule is O=C(c1ccc(-c2ccn[nH]2)cc1)N1CCCN(Cc2cccnc2)CC1. The van der Waals surface area contributed by atoms with Gasteiger partial charge < -0.3 is 4.90 Å². The average molecular weight is 361 g/mol. The standard InChI is InChI=1S/C21H23N5O/c27-21(19-6-4-18(5-7-19)20-8-10-23-24-20)26-12-2-11-25(13-14-26)16-17-3-1-9-22-15-17/h1,3-10,15H,2,11-14,16H2,(H,23,24). The van der Waals surface area contributed by atoms with Crippen molar-refractivity contribution in [2.75, 3.05) is 26.2 Å². The number of aromatic nitrogens is 3. The maximum absolute atomic E-state index is 12.9. The number of amides is 1. The predicted octanol–water partition coefficient (Wildman–Crippen LogP) is 2.82. The molecule has 1 amide bonds. The fourth-order valence-corrected chi connectivity index (χ4v) is 3.47. The summed E-state index contributed by atoms with van der Waals surface area (Å²) in [6.07, 6.45) is 6.42. The number of carbonyl (C=O) groups excluding carboxylic acids is 1. The maximum Gasteiger partial charge on any atom is 0.253 e. The Labute approximate surface area is 158 Å². The number of aromatic amines is 1. The molecule has 0 atom stereocenters. The van der Waals surface area contributed by atoms with Crippen molar-refractivity contribution in [3.8, 4) is 11.3 Å². The predicted molar refractivity (Wildman–Crippen MR) is 104 cm³/mol. The lowest BCUT2D eigenvalue weighted by molar-refractivity contribution is 0.0761. The second-order valence-corrected chi connectivity index (χ2v) is 6.83. The highest BCUT2D eigenvalue weighted by molar-refractivity contribution is 5.94. The molecule has 3 aromatic rings. The second kappa shape index (κ2) is 8.14. The van der Waals surface area contributed by atoms with E-state index in [9.17, 15) is 4.79 Å². The smallest absolute Gasteiger partial charge is 0.253 e. The van der Waals surface area contributed by atoms with Crippen molar-refractivity contribution < 1.29 is 4.79 Å².